The van der Waals surface area contributed by atoms with Crippen LogP contribution in [-0.4, -0.2) is 36.3 Å². The summed E-state index contributed by atoms with van der Waals surface area (Å²) < 4.78 is 27.0. The van der Waals surface area contributed by atoms with Gasteiger partial charge in [0.1, 0.15) is 17.7 Å². The molecule has 7 heteroatoms. The van der Waals surface area contributed by atoms with Crippen molar-refractivity contribution in [2.75, 3.05) is 25.0 Å². The van der Waals surface area contributed by atoms with Gasteiger partial charge in [-0.05, 0) is 73.8 Å². The van der Waals surface area contributed by atoms with Gasteiger partial charge in [0, 0.05) is 18.2 Å². The van der Waals surface area contributed by atoms with E-state index < -0.39 is 6.04 Å². The van der Waals surface area contributed by atoms with Gasteiger partial charge in [0.05, 0.1) is 0 Å². The topological polar surface area (TPSA) is 61.4 Å². The van der Waals surface area contributed by atoms with Crippen molar-refractivity contribution in [3.8, 4) is 0 Å². The van der Waals surface area contributed by atoms with Gasteiger partial charge in [0.15, 0.2) is 0 Å². The zero-order valence-corrected chi connectivity index (χ0v) is 19.4. The molecule has 0 saturated carbocycles. The molecule has 4 rings (SSSR count). The SMILES string of the molecule is O=C(NCCc1ccccc1F)C1CCN(C(C(=O)Nc2ccc(F)cc2)c2ccccc2)CC1. The molecule has 1 unspecified atom stereocenters. The Morgan fingerprint density at radius 1 is 0.886 bits per heavy atom. The van der Waals surface area contributed by atoms with Gasteiger partial charge in [-0.25, -0.2) is 8.78 Å². The number of anilines is 1. The third-order valence-electron chi connectivity index (χ3n) is 6.39. The smallest absolute Gasteiger partial charge is 0.246 e. The van der Waals surface area contributed by atoms with Crippen molar-refractivity contribution >= 4 is 17.5 Å². The first-order valence-electron chi connectivity index (χ1n) is 11.9. The first-order chi connectivity index (χ1) is 17.0. The molecule has 1 fully saturated rings. The molecule has 2 N–H and O–H groups in total. The van der Waals surface area contributed by atoms with E-state index in [0.717, 1.165) is 5.56 Å². The Bertz CT molecular complexity index is 1130. The predicted octanol–water partition coefficient (Wildman–Crippen LogP) is 4.72. The van der Waals surface area contributed by atoms with Gasteiger partial charge < -0.3 is 10.6 Å². The Balaban J connectivity index is 1.35. The number of hydrogen-bond donors (Lipinski definition) is 2. The van der Waals surface area contributed by atoms with Crippen LogP contribution in [0.1, 0.15) is 30.0 Å². The molecule has 1 aliphatic rings. The van der Waals surface area contributed by atoms with Crippen LogP contribution in [0.3, 0.4) is 0 Å². The van der Waals surface area contributed by atoms with Gasteiger partial charge in [-0.3, -0.25) is 14.5 Å². The minimum Gasteiger partial charge on any atom is -0.356 e. The zero-order valence-electron chi connectivity index (χ0n) is 19.4. The Morgan fingerprint density at radius 3 is 2.23 bits per heavy atom. The molecular formula is C28H29F2N3O2. The average molecular weight is 478 g/mol. The van der Waals surface area contributed by atoms with Crippen molar-refractivity contribution in [1.29, 1.82) is 0 Å². The number of nitrogens with zero attached hydrogens (tertiary/aromatic N) is 1. The Morgan fingerprint density at radius 2 is 1.54 bits per heavy atom. The number of nitrogens with one attached hydrogen (secondary N) is 2. The maximum atomic E-state index is 13.8. The number of benzene rings is 3. The zero-order chi connectivity index (χ0) is 24.6. The Hall–Kier alpha value is -3.58. The summed E-state index contributed by atoms with van der Waals surface area (Å²) in [7, 11) is 0. The highest BCUT2D eigenvalue weighted by Gasteiger charge is 2.33. The predicted molar refractivity (Wildman–Crippen MR) is 132 cm³/mol. The number of rotatable bonds is 8. The molecule has 0 bridgehead atoms. The third-order valence-corrected chi connectivity index (χ3v) is 6.39. The van der Waals surface area contributed by atoms with Crippen LogP contribution in [0.15, 0.2) is 78.9 Å². The second kappa shape index (κ2) is 11.7. The molecule has 35 heavy (non-hydrogen) atoms. The number of piperidine rings is 1. The second-order valence-corrected chi connectivity index (χ2v) is 8.75. The van der Waals surface area contributed by atoms with Crippen LogP contribution >= 0.6 is 0 Å². The van der Waals surface area contributed by atoms with Crippen LogP contribution in [0.4, 0.5) is 14.5 Å². The fraction of sp³-hybridized carbons (Fsp3) is 0.286. The van der Waals surface area contributed by atoms with E-state index in [-0.39, 0.29) is 29.4 Å². The quantitative estimate of drug-likeness (QED) is 0.494. The lowest BCUT2D eigenvalue weighted by atomic mass is 9.93. The molecule has 0 aromatic heterocycles. The number of carbonyl (C=O) groups is 2. The monoisotopic (exact) mass is 477 g/mol. The van der Waals surface area contributed by atoms with Gasteiger partial charge >= 0.3 is 0 Å². The highest BCUT2D eigenvalue weighted by atomic mass is 19.1. The van der Waals surface area contributed by atoms with Crippen LogP contribution in [0.2, 0.25) is 0 Å². The van der Waals surface area contributed by atoms with E-state index in [4.69, 9.17) is 0 Å². The summed E-state index contributed by atoms with van der Waals surface area (Å²) in [5, 5.41) is 5.82. The minimum absolute atomic E-state index is 0.0342. The second-order valence-electron chi connectivity index (χ2n) is 8.75. The third kappa shape index (κ3) is 6.51. The van der Waals surface area contributed by atoms with Crippen molar-refractivity contribution in [2.24, 2.45) is 5.92 Å². The lowest BCUT2D eigenvalue weighted by molar-refractivity contribution is -0.127. The highest BCUT2D eigenvalue weighted by molar-refractivity contribution is 5.95. The van der Waals surface area contributed by atoms with Crippen molar-refractivity contribution in [3.05, 3.63) is 102 Å². The molecule has 3 aromatic rings. The van der Waals surface area contributed by atoms with E-state index in [1.165, 1.54) is 30.3 Å². The molecule has 1 saturated heterocycles. The van der Waals surface area contributed by atoms with Crippen molar-refractivity contribution in [2.45, 2.75) is 25.3 Å². The molecule has 182 valence electrons. The fourth-order valence-corrected chi connectivity index (χ4v) is 4.49. The van der Waals surface area contributed by atoms with E-state index in [2.05, 4.69) is 15.5 Å². The molecule has 5 nitrogen and oxygen atoms in total. The van der Waals surface area contributed by atoms with Crippen LogP contribution in [0, 0.1) is 17.6 Å². The van der Waals surface area contributed by atoms with Gasteiger partial charge in [0.25, 0.3) is 0 Å². The average Bonchev–Trinajstić information content (AvgIpc) is 2.88. The number of carbonyl (C=O) groups excluding carboxylic acids is 2. The van der Waals surface area contributed by atoms with E-state index in [9.17, 15) is 18.4 Å². The summed E-state index contributed by atoms with van der Waals surface area (Å²) >= 11 is 0. The molecule has 0 spiro atoms. The number of hydrogen-bond acceptors (Lipinski definition) is 3. The summed E-state index contributed by atoms with van der Waals surface area (Å²) in [6.45, 7) is 1.55. The van der Waals surface area contributed by atoms with E-state index in [1.54, 1.807) is 18.2 Å². The largest absolute Gasteiger partial charge is 0.356 e. The summed E-state index contributed by atoms with van der Waals surface area (Å²) in [5.41, 5.74) is 1.97. The van der Waals surface area contributed by atoms with Crippen LogP contribution < -0.4 is 10.6 Å². The molecule has 0 aliphatic carbocycles. The van der Waals surface area contributed by atoms with E-state index >= 15 is 0 Å². The van der Waals surface area contributed by atoms with Gasteiger partial charge in [-0.2, -0.15) is 0 Å². The maximum absolute atomic E-state index is 13.8. The van der Waals surface area contributed by atoms with Crippen LogP contribution in [-0.2, 0) is 16.0 Å². The molecule has 0 radical (unpaired) electrons. The summed E-state index contributed by atoms with van der Waals surface area (Å²) in [6.07, 6.45) is 1.69. The molecule has 1 aliphatic heterocycles. The first kappa shape index (κ1) is 24.5. The maximum Gasteiger partial charge on any atom is 0.246 e. The van der Waals surface area contributed by atoms with E-state index in [1.807, 2.05) is 30.3 Å². The van der Waals surface area contributed by atoms with E-state index in [0.29, 0.717) is 50.1 Å². The van der Waals surface area contributed by atoms with Crippen molar-refractivity contribution in [3.63, 3.8) is 0 Å². The summed E-state index contributed by atoms with van der Waals surface area (Å²) in [5.74, 6) is -1.01. The summed E-state index contributed by atoms with van der Waals surface area (Å²) in [4.78, 5) is 28.0. The molecule has 2 amide bonds. The summed E-state index contributed by atoms with van der Waals surface area (Å²) in [6, 6.07) is 21.2. The van der Waals surface area contributed by atoms with Gasteiger partial charge in [-0.15, -0.1) is 0 Å². The number of halogens is 2. The normalized spacial score (nSPS) is 15.4. The Labute approximate surface area is 204 Å². The molecule has 3 aromatic carbocycles. The first-order valence-corrected chi connectivity index (χ1v) is 11.9. The van der Waals surface area contributed by atoms with Gasteiger partial charge in [-0.1, -0.05) is 48.5 Å². The fourth-order valence-electron chi connectivity index (χ4n) is 4.49. The Kier molecular flexibility index (Phi) is 8.21. The molecule has 1 heterocycles. The van der Waals surface area contributed by atoms with Crippen LogP contribution in [0.25, 0.3) is 0 Å². The lowest BCUT2D eigenvalue weighted by Gasteiger charge is -2.36. The number of likely N-dealkylation sites (tertiary alicyclic amines) is 1. The van der Waals surface area contributed by atoms with Crippen molar-refractivity contribution < 1.29 is 18.4 Å². The molecule has 1 atom stereocenters. The highest BCUT2D eigenvalue weighted by Crippen LogP contribution is 2.28. The van der Waals surface area contributed by atoms with Crippen LogP contribution in [0.5, 0.6) is 0 Å². The lowest BCUT2D eigenvalue weighted by Crippen LogP contribution is -2.45. The van der Waals surface area contributed by atoms with Gasteiger partial charge in [0.2, 0.25) is 11.8 Å². The molecular weight excluding hydrogens is 448 g/mol. The van der Waals surface area contributed by atoms with Crippen molar-refractivity contribution in [1.82, 2.24) is 10.2 Å². The standard InChI is InChI=1S/C28H29F2N3O2/c29-23-10-12-24(13-11-23)32-28(35)26(21-7-2-1-3-8-21)33-18-15-22(16-19-33)27(34)31-17-14-20-6-4-5-9-25(20)30/h1-13,22,26H,14-19H2,(H,31,34)(H,32,35). The minimum atomic E-state index is -0.522. The number of amides is 2.